The van der Waals surface area contributed by atoms with Crippen LogP contribution in [0.1, 0.15) is 52.0 Å². The first-order chi connectivity index (χ1) is 11.3. The first kappa shape index (κ1) is 16.2. The van der Waals surface area contributed by atoms with Crippen LogP contribution in [-0.4, -0.2) is 45.8 Å². The number of carboxylic acid groups (broad SMARTS) is 1. The highest BCUT2D eigenvalue weighted by Gasteiger charge is 2.44. The Balaban J connectivity index is 1.75. The smallest absolute Gasteiger partial charge is 0.329 e. The van der Waals surface area contributed by atoms with Gasteiger partial charge in [0.2, 0.25) is 5.91 Å². The quantitative estimate of drug-likeness (QED) is 0.805. The summed E-state index contributed by atoms with van der Waals surface area (Å²) >= 11 is 0. The van der Waals surface area contributed by atoms with Gasteiger partial charge in [-0.3, -0.25) is 19.3 Å². The molecule has 0 unspecified atom stereocenters. The molecule has 1 aliphatic heterocycles. The van der Waals surface area contributed by atoms with E-state index in [4.69, 9.17) is 0 Å². The van der Waals surface area contributed by atoms with Gasteiger partial charge in [-0.25, -0.2) is 4.79 Å². The monoisotopic (exact) mass is 330 g/mol. The van der Waals surface area contributed by atoms with Gasteiger partial charge in [0.25, 0.3) is 11.8 Å². The molecule has 2 N–H and O–H groups in total. The number of aliphatic carboxylic acids is 1. The van der Waals surface area contributed by atoms with Crippen molar-refractivity contribution >= 4 is 23.7 Å². The van der Waals surface area contributed by atoms with Crippen LogP contribution in [0.5, 0.6) is 0 Å². The number of carbonyl (C=O) groups is 4. The number of hydrogen-bond donors (Lipinski definition) is 2. The minimum atomic E-state index is -1.29. The fourth-order valence-corrected chi connectivity index (χ4v) is 3.37. The molecule has 1 aliphatic carbocycles. The minimum absolute atomic E-state index is 0.271. The van der Waals surface area contributed by atoms with Gasteiger partial charge in [-0.2, -0.15) is 0 Å². The Hall–Kier alpha value is -2.70. The van der Waals surface area contributed by atoms with Crippen molar-refractivity contribution in [3.8, 4) is 0 Å². The maximum Gasteiger partial charge on any atom is 0.329 e. The average molecular weight is 330 g/mol. The molecule has 0 bridgehead atoms. The Labute approximate surface area is 138 Å². The molecule has 126 valence electrons. The molecule has 1 heterocycles. The molecule has 24 heavy (non-hydrogen) atoms. The third-order valence-corrected chi connectivity index (χ3v) is 4.67. The van der Waals surface area contributed by atoms with Crippen molar-refractivity contribution in [2.45, 2.75) is 38.1 Å². The zero-order valence-electron chi connectivity index (χ0n) is 13.3. The second-order valence-electron chi connectivity index (χ2n) is 6.39. The second-order valence-corrected chi connectivity index (χ2v) is 6.39. The van der Waals surface area contributed by atoms with E-state index in [0.29, 0.717) is 12.8 Å². The van der Waals surface area contributed by atoms with Crippen LogP contribution >= 0.6 is 0 Å². The highest BCUT2D eigenvalue weighted by atomic mass is 16.4. The van der Waals surface area contributed by atoms with Gasteiger partial charge >= 0.3 is 5.97 Å². The Bertz CT molecular complexity index is 749. The van der Waals surface area contributed by atoms with E-state index in [1.807, 2.05) is 6.92 Å². The first-order valence-corrected chi connectivity index (χ1v) is 7.85. The summed E-state index contributed by atoms with van der Waals surface area (Å²) in [6.07, 6.45) is 2.16. The largest absolute Gasteiger partial charge is 0.480 e. The summed E-state index contributed by atoms with van der Waals surface area (Å²) in [7, 11) is 0. The van der Waals surface area contributed by atoms with E-state index in [0.717, 1.165) is 23.3 Å². The van der Waals surface area contributed by atoms with E-state index in [2.05, 4.69) is 5.32 Å². The molecule has 7 nitrogen and oxygen atoms in total. The summed E-state index contributed by atoms with van der Waals surface area (Å²) < 4.78 is 0. The number of nitrogens with one attached hydrogen (secondary N) is 1. The van der Waals surface area contributed by atoms with Crippen LogP contribution in [0.25, 0.3) is 0 Å². The molecule has 0 atom stereocenters. The number of imide groups is 1. The first-order valence-electron chi connectivity index (χ1n) is 7.85. The van der Waals surface area contributed by atoms with Crippen molar-refractivity contribution in [3.05, 3.63) is 34.9 Å². The van der Waals surface area contributed by atoms with Crippen molar-refractivity contribution in [1.82, 2.24) is 10.2 Å². The lowest BCUT2D eigenvalue weighted by Gasteiger charge is -2.26. The van der Waals surface area contributed by atoms with Crippen LogP contribution in [-0.2, 0) is 9.59 Å². The van der Waals surface area contributed by atoms with Gasteiger partial charge in [0, 0.05) is 0 Å². The Morgan fingerprint density at radius 3 is 2.42 bits per heavy atom. The molecule has 1 saturated carbocycles. The molecule has 2 aliphatic rings. The van der Waals surface area contributed by atoms with Gasteiger partial charge in [0.15, 0.2) is 0 Å². The van der Waals surface area contributed by atoms with Gasteiger partial charge in [0.05, 0.1) is 11.1 Å². The van der Waals surface area contributed by atoms with Crippen molar-refractivity contribution in [2.24, 2.45) is 0 Å². The summed E-state index contributed by atoms with van der Waals surface area (Å²) in [6, 6.07) is 4.91. The lowest BCUT2D eigenvalue weighted by Crippen LogP contribution is -2.55. The number of carbonyl (C=O) groups excluding carboxylic acids is 3. The standard InChI is InChI=1S/C17H18N2O5/c1-10-4-5-11-12(8-10)15(22)19(14(11)21)9-13(20)18-17(16(23)24)6-2-3-7-17/h4-5,8H,2-3,6-7,9H2,1H3,(H,18,20)(H,23,24). The summed E-state index contributed by atoms with van der Waals surface area (Å²) in [6.45, 7) is 1.34. The SMILES string of the molecule is Cc1ccc2c(c1)C(=O)N(CC(=O)NC1(C(=O)O)CCCC1)C2=O. The van der Waals surface area contributed by atoms with Crippen molar-refractivity contribution in [1.29, 1.82) is 0 Å². The van der Waals surface area contributed by atoms with Crippen molar-refractivity contribution < 1.29 is 24.3 Å². The normalized spacial score (nSPS) is 18.6. The van der Waals surface area contributed by atoms with E-state index in [1.165, 1.54) is 0 Å². The highest BCUT2D eigenvalue weighted by Crippen LogP contribution is 2.30. The number of benzene rings is 1. The van der Waals surface area contributed by atoms with Gasteiger partial charge in [-0.15, -0.1) is 0 Å². The molecule has 3 rings (SSSR count). The zero-order valence-corrected chi connectivity index (χ0v) is 13.3. The molecule has 1 aromatic rings. The molecule has 0 aromatic heterocycles. The highest BCUT2D eigenvalue weighted by molar-refractivity contribution is 6.22. The molecule has 0 radical (unpaired) electrons. The second kappa shape index (κ2) is 5.74. The fraction of sp³-hybridized carbons (Fsp3) is 0.412. The van der Waals surface area contributed by atoms with Gasteiger partial charge in [-0.1, -0.05) is 24.5 Å². The van der Waals surface area contributed by atoms with Crippen LogP contribution < -0.4 is 5.32 Å². The van der Waals surface area contributed by atoms with Crippen LogP contribution in [0.4, 0.5) is 0 Å². The van der Waals surface area contributed by atoms with Crippen molar-refractivity contribution in [3.63, 3.8) is 0 Å². The maximum atomic E-state index is 12.4. The van der Waals surface area contributed by atoms with Crippen LogP contribution in [0.15, 0.2) is 18.2 Å². The molecule has 0 spiro atoms. The Morgan fingerprint density at radius 1 is 1.17 bits per heavy atom. The summed E-state index contributed by atoms with van der Waals surface area (Å²) in [5.41, 5.74) is 0.109. The number of aryl methyl sites for hydroxylation is 1. The van der Waals surface area contributed by atoms with E-state index in [1.54, 1.807) is 18.2 Å². The molecule has 1 fully saturated rings. The van der Waals surface area contributed by atoms with E-state index >= 15 is 0 Å². The molecule has 1 aromatic carbocycles. The van der Waals surface area contributed by atoms with E-state index in [9.17, 15) is 24.3 Å². The average Bonchev–Trinajstić information content (AvgIpc) is 3.08. The Kier molecular flexibility index (Phi) is 3.87. The zero-order chi connectivity index (χ0) is 17.5. The predicted octanol–water partition coefficient (Wildman–Crippen LogP) is 1.10. The summed E-state index contributed by atoms with van der Waals surface area (Å²) in [5, 5.41) is 11.9. The molecular formula is C17H18N2O5. The lowest BCUT2D eigenvalue weighted by atomic mass is 9.98. The number of amides is 3. The third kappa shape index (κ3) is 2.55. The minimum Gasteiger partial charge on any atom is -0.480 e. The van der Waals surface area contributed by atoms with Gasteiger partial charge in [-0.05, 0) is 31.9 Å². The van der Waals surface area contributed by atoms with E-state index in [-0.39, 0.29) is 11.1 Å². The summed E-state index contributed by atoms with van der Waals surface area (Å²) in [5.74, 6) is -2.76. The number of nitrogens with zero attached hydrogens (tertiary/aromatic N) is 1. The fourth-order valence-electron chi connectivity index (χ4n) is 3.37. The van der Waals surface area contributed by atoms with E-state index < -0.39 is 35.8 Å². The molecule has 0 saturated heterocycles. The lowest BCUT2D eigenvalue weighted by molar-refractivity contribution is -0.147. The predicted molar refractivity (Wildman–Crippen MR) is 83.5 cm³/mol. The topological polar surface area (TPSA) is 104 Å². The van der Waals surface area contributed by atoms with Gasteiger partial charge in [0.1, 0.15) is 12.1 Å². The number of fused-ring (bicyclic) bond motifs is 1. The number of carboxylic acids is 1. The molecular weight excluding hydrogens is 312 g/mol. The molecule has 3 amide bonds. The maximum absolute atomic E-state index is 12.4. The van der Waals surface area contributed by atoms with Crippen molar-refractivity contribution in [2.75, 3.05) is 6.54 Å². The third-order valence-electron chi connectivity index (χ3n) is 4.67. The van der Waals surface area contributed by atoms with Gasteiger partial charge < -0.3 is 10.4 Å². The van der Waals surface area contributed by atoms with Crippen LogP contribution in [0.2, 0.25) is 0 Å². The van der Waals surface area contributed by atoms with Crippen LogP contribution in [0, 0.1) is 6.92 Å². The van der Waals surface area contributed by atoms with Crippen LogP contribution in [0.3, 0.4) is 0 Å². The molecule has 7 heteroatoms. The number of rotatable bonds is 4. The summed E-state index contributed by atoms with van der Waals surface area (Å²) in [4.78, 5) is 49.3. The number of hydrogen-bond acceptors (Lipinski definition) is 4. The Morgan fingerprint density at radius 2 is 1.79 bits per heavy atom.